The number of nitrogens with one attached hydrogen (secondary N) is 1. The van der Waals surface area contributed by atoms with Gasteiger partial charge in [-0.2, -0.15) is 0 Å². The van der Waals surface area contributed by atoms with Crippen molar-refractivity contribution in [3.05, 3.63) is 29.3 Å². The van der Waals surface area contributed by atoms with Gasteiger partial charge in [0.15, 0.2) is 0 Å². The molecule has 0 aliphatic carbocycles. The van der Waals surface area contributed by atoms with Crippen molar-refractivity contribution in [3.63, 3.8) is 0 Å². The van der Waals surface area contributed by atoms with E-state index in [-0.39, 0.29) is 5.91 Å². The summed E-state index contributed by atoms with van der Waals surface area (Å²) < 4.78 is 1.20. The van der Waals surface area contributed by atoms with Crippen LogP contribution in [0.2, 0.25) is 0 Å². The van der Waals surface area contributed by atoms with Crippen LogP contribution in [0.4, 0.5) is 0 Å². The summed E-state index contributed by atoms with van der Waals surface area (Å²) in [5.41, 5.74) is 1.04. The first kappa shape index (κ1) is 16.4. The maximum Gasteiger partial charge on any atom is 0.220 e. The molecule has 0 radical (unpaired) electrons. The van der Waals surface area contributed by atoms with Gasteiger partial charge in [0.1, 0.15) is 0 Å². The number of para-hydroxylation sites is 1. The summed E-state index contributed by atoms with van der Waals surface area (Å²) in [4.78, 5) is 19.1. The van der Waals surface area contributed by atoms with Crippen molar-refractivity contribution >= 4 is 27.5 Å². The Hall–Kier alpha value is -1.46. The van der Waals surface area contributed by atoms with E-state index in [1.54, 1.807) is 11.3 Å². The molecule has 1 aromatic heterocycles. The minimum Gasteiger partial charge on any atom is -0.356 e. The Morgan fingerprint density at radius 2 is 2.30 bits per heavy atom. The molecule has 0 bridgehead atoms. The number of aryl methyl sites for hydroxylation is 1. The monoisotopic (exact) mass is 331 g/mol. The molecule has 0 unspecified atom stereocenters. The second-order valence-corrected chi connectivity index (χ2v) is 7.40. The number of piperidine rings is 1. The lowest BCUT2D eigenvalue weighted by Crippen LogP contribution is -2.40. The van der Waals surface area contributed by atoms with Gasteiger partial charge in [0.25, 0.3) is 0 Å². The zero-order valence-electron chi connectivity index (χ0n) is 13.8. The van der Waals surface area contributed by atoms with Crippen LogP contribution in [-0.4, -0.2) is 42.0 Å². The van der Waals surface area contributed by atoms with E-state index in [0.29, 0.717) is 12.3 Å². The number of fused-ring (bicyclic) bond motifs is 1. The van der Waals surface area contributed by atoms with Crippen LogP contribution >= 0.6 is 11.3 Å². The number of thiazole rings is 1. The largest absolute Gasteiger partial charge is 0.356 e. The second-order valence-electron chi connectivity index (χ2n) is 6.28. The Kier molecular flexibility index (Phi) is 5.62. The lowest BCUT2D eigenvalue weighted by Gasteiger charge is -2.31. The van der Waals surface area contributed by atoms with E-state index >= 15 is 0 Å². The maximum atomic E-state index is 12.1. The molecule has 0 spiro atoms. The molecule has 1 fully saturated rings. The van der Waals surface area contributed by atoms with Crippen LogP contribution in [0.3, 0.4) is 0 Å². The van der Waals surface area contributed by atoms with Gasteiger partial charge >= 0.3 is 0 Å². The first-order valence-corrected chi connectivity index (χ1v) is 9.39. The first-order valence-electron chi connectivity index (χ1n) is 8.58. The zero-order valence-corrected chi connectivity index (χ0v) is 14.6. The van der Waals surface area contributed by atoms with Crippen LogP contribution in [0.15, 0.2) is 24.3 Å². The van der Waals surface area contributed by atoms with Gasteiger partial charge in [-0.1, -0.05) is 19.1 Å². The van der Waals surface area contributed by atoms with E-state index in [9.17, 15) is 4.79 Å². The standard InChI is InChI=1S/C18H25N3OS/c1-2-21-11-5-6-14(13-21)12-19-17(22)9-10-18-20-15-7-3-4-8-16(15)23-18/h3-4,7-8,14H,2,5-6,9-13H2,1H3,(H,19,22)/t14-/m1/s1. The third-order valence-electron chi connectivity index (χ3n) is 4.54. The van der Waals surface area contributed by atoms with E-state index < -0.39 is 0 Å². The minimum atomic E-state index is 0.151. The Balaban J connectivity index is 1.42. The van der Waals surface area contributed by atoms with Crippen LogP contribution in [0, 0.1) is 5.92 Å². The van der Waals surface area contributed by atoms with Gasteiger partial charge in [-0.3, -0.25) is 4.79 Å². The number of amides is 1. The average Bonchev–Trinajstić information content (AvgIpc) is 3.01. The highest BCUT2D eigenvalue weighted by Gasteiger charge is 2.19. The molecule has 1 amide bonds. The van der Waals surface area contributed by atoms with Crippen LogP contribution < -0.4 is 5.32 Å². The summed E-state index contributed by atoms with van der Waals surface area (Å²) in [7, 11) is 0. The molecule has 1 saturated heterocycles. The molecule has 1 atom stereocenters. The van der Waals surface area contributed by atoms with Gasteiger partial charge in [0, 0.05) is 25.9 Å². The highest BCUT2D eigenvalue weighted by molar-refractivity contribution is 7.18. The predicted molar refractivity (Wildman–Crippen MR) is 95.8 cm³/mol. The zero-order chi connectivity index (χ0) is 16.1. The maximum absolute atomic E-state index is 12.1. The number of rotatable bonds is 6. The Morgan fingerprint density at radius 3 is 3.13 bits per heavy atom. The highest BCUT2D eigenvalue weighted by atomic mass is 32.1. The van der Waals surface area contributed by atoms with E-state index in [1.165, 1.54) is 24.1 Å². The smallest absolute Gasteiger partial charge is 0.220 e. The molecule has 1 aromatic carbocycles. The molecule has 4 nitrogen and oxygen atoms in total. The SMILES string of the molecule is CCN1CCC[C@H](CNC(=O)CCc2nc3ccccc3s2)C1. The molecule has 0 saturated carbocycles. The van der Waals surface area contributed by atoms with Crippen molar-refractivity contribution in [3.8, 4) is 0 Å². The molecule has 3 rings (SSSR count). The molecular weight excluding hydrogens is 306 g/mol. The summed E-state index contributed by atoms with van der Waals surface area (Å²) in [6.07, 6.45) is 3.75. The number of carbonyl (C=O) groups excluding carboxylic acids is 1. The second kappa shape index (κ2) is 7.88. The fourth-order valence-electron chi connectivity index (χ4n) is 3.20. The fraction of sp³-hybridized carbons (Fsp3) is 0.556. The van der Waals surface area contributed by atoms with Crippen LogP contribution in [0.5, 0.6) is 0 Å². The number of hydrogen-bond donors (Lipinski definition) is 1. The summed E-state index contributed by atoms with van der Waals surface area (Å²) in [5.74, 6) is 0.757. The van der Waals surface area contributed by atoms with Gasteiger partial charge in [-0.05, 0) is 44.0 Å². The van der Waals surface area contributed by atoms with Crippen LogP contribution in [-0.2, 0) is 11.2 Å². The van der Waals surface area contributed by atoms with Crippen molar-refractivity contribution in [1.82, 2.24) is 15.2 Å². The number of benzene rings is 1. The Morgan fingerprint density at radius 1 is 1.43 bits per heavy atom. The molecule has 1 aliphatic heterocycles. The first-order chi connectivity index (χ1) is 11.2. The molecule has 1 aliphatic rings. The van der Waals surface area contributed by atoms with E-state index in [1.807, 2.05) is 18.2 Å². The average molecular weight is 331 g/mol. The third kappa shape index (κ3) is 4.52. The lowest BCUT2D eigenvalue weighted by molar-refractivity contribution is -0.121. The van der Waals surface area contributed by atoms with Crippen molar-refractivity contribution < 1.29 is 4.79 Å². The third-order valence-corrected chi connectivity index (χ3v) is 5.64. The van der Waals surface area contributed by atoms with E-state index in [2.05, 4.69) is 28.2 Å². The van der Waals surface area contributed by atoms with Gasteiger partial charge in [0.2, 0.25) is 5.91 Å². The Bertz CT molecular complexity index is 622. The number of nitrogens with zero attached hydrogens (tertiary/aromatic N) is 2. The fourth-order valence-corrected chi connectivity index (χ4v) is 4.17. The van der Waals surface area contributed by atoms with Crippen molar-refractivity contribution in [2.45, 2.75) is 32.6 Å². The normalized spacial score (nSPS) is 19.1. The van der Waals surface area contributed by atoms with Gasteiger partial charge in [-0.25, -0.2) is 4.98 Å². The topological polar surface area (TPSA) is 45.2 Å². The molecule has 5 heteroatoms. The van der Waals surface area contributed by atoms with E-state index in [4.69, 9.17) is 0 Å². The molecule has 1 N–H and O–H groups in total. The Labute approximate surface area is 141 Å². The summed E-state index contributed by atoms with van der Waals surface area (Å²) in [6.45, 7) is 6.46. The summed E-state index contributed by atoms with van der Waals surface area (Å²) in [6, 6.07) is 8.14. The number of aromatic nitrogens is 1. The van der Waals surface area contributed by atoms with Gasteiger partial charge in [-0.15, -0.1) is 11.3 Å². The minimum absolute atomic E-state index is 0.151. The number of likely N-dealkylation sites (tertiary alicyclic amines) is 1. The summed E-state index contributed by atoms with van der Waals surface area (Å²) >= 11 is 1.69. The van der Waals surface area contributed by atoms with E-state index in [0.717, 1.165) is 36.6 Å². The van der Waals surface area contributed by atoms with Crippen LogP contribution in [0.1, 0.15) is 31.2 Å². The van der Waals surface area contributed by atoms with Crippen molar-refractivity contribution in [2.24, 2.45) is 5.92 Å². The van der Waals surface area contributed by atoms with Crippen LogP contribution in [0.25, 0.3) is 10.2 Å². The number of carbonyl (C=O) groups is 1. The van der Waals surface area contributed by atoms with Crippen molar-refractivity contribution in [1.29, 1.82) is 0 Å². The quantitative estimate of drug-likeness (QED) is 0.885. The van der Waals surface area contributed by atoms with Gasteiger partial charge < -0.3 is 10.2 Å². The lowest BCUT2D eigenvalue weighted by atomic mass is 9.98. The summed E-state index contributed by atoms with van der Waals surface area (Å²) in [5, 5.41) is 4.16. The molecule has 2 aromatic rings. The highest BCUT2D eigenvalue weighted by Crippen LogP contribution is 2.22. The molecule has 23 heavy (non-hydrogen) atoms. The molecule has 2 heterocycles. The predicted octanol–water partition coefficient (Wildman–Crippen LogP) is 3.08. The molecular formula is C18H25N3OS. The van der Waals surface area contributed by atoms with Crippen molar-refractivity contribution in [2.75, 3.05) is 26.2 Å². The van der Waals surface area contributed by atoms with Gasteiger partial charge in [0.05, 0.1) is 15.2 Å². The number of hydrogen-bond acceptors (Lipinski definition) is 4. The molecule has 124 valence electrons.